The molecule has 1 aliphatic rings. The normalized spacial score (nSPS) is 19.3. The summed E-state index contributed by atoms with van der Waals surface area (Å²) < 4.78 is 11.3. The lowest BCUT2D eigenvalue weighted by molar-refractivity contribution is -0.128. The van der Waals surface area contributed by atoms with Crippen LogP contribution in [-0.4, -0.2) is 35.8 Å². The smallest absolute Gasteiger partial charge is 0.233 e. The summed E-state index contributed by atoms with van der Waals surface area (Å²) in [7, 11) is 0. The van der Waals surface area contributed by atoms with E-state index in [2.05, 4.69) is 6.92 Å². The molecule has 1 aromatic heterocycles. The Morgan fingerprint density at radius 1 is 1.50 bits per heavy atom. The fourth-order valence-electron chi connectivity index (χ4n) is 2.20. The molecule has 1 aliphatic heterocycles. The minimum Gasteiger partial charge on any atom is -0.463 e. The highest BCUT2D eigenvalue weighted by Crippen LogP contribution is 2.39. The van der Waals surface area contributed by atoms with E-state index < -0.39 is 0 Å². The van der Waals surface area contributed by atoms with E-state index in [1.54, 1.807) is 11.8 Å². The molecule has 2 heterocycles. The molecule has 5 heteroatoms. The molecular formula is C15H23NO3S. The Kier molecular flexibility index (Phi) is 5.54. The van der Waals surface area contributed by atoms with Gasteiger partial charge in [0.05, 0.1) is 11.9 Å². The highest BCUT2D eigenvalue weighted by molar-refractivity contribution is 8.00. The molecule has 1 unspecified atom stereocenters. The van der Waals surface area contributed by atoms with Gasteiger partial charge in [-0.1, -0.05) is 6.92 Å². The first-order chi connectivity index (χ1) is 9.61. The van der Waals surface area contributed by atoms with Crippen LogP contribution in [0.25, 0.3) is 0 Å². The highest BCUT2D eigenvalue weighted by Gasteiger charge is 2.34. The first-order valence-corrected chi connectivity index (χ1v) is 8.28. The molecule has 0 aromatic carbocycles. The van der Waals surface area contributed by atoms with Crippen molar-refractivity contribution in [2.24, 2.45) is 0 Å². The Morgan fingerprint density at radius 3 is 2.95 bits per heavy atom. The number of aryl methyl sites for hydroxylation is 1. The molecule has 0 aliphatic carbocycles. The minimum absolute atomic E-state index is 0.0295. The van der Waals surface area contributed by atoms with Gasteiger partial charge in [0.1, 0.15) is 16.9 Å². The molecule has 112 valence electrons. The standard InChI is InChI=1S/C15H23NO3S/c1-4-12-6-7-13(19-12)15-16(14(17)10-20-15)8-5-9-18-11(2)3/h6-7,11,15H,4-5,8-10H2,1-3H3. The van der Waals surface area contributed by atoms with Crippen molar-refractivity contribution in [1.29, 1.82) is 0 Å². The molecule has 0 spiro atoms. The number of hydrogen-bond acceptors (Lipinski definition) is 4. The number of rotatable bonds is 7. The molecular weight excluding hydrogens is 274 g/mol. The average molecular weight is 297 g/mol. The Labute approximate surface area is 124 Å². The SMILES string of the molecule is CCc1ccc(C2SCC(=O)N2CCCOC(C)C)o1. The molecule has 1 aromatic rings. The Balaban J connectivity index is 1.92. The summed E-state index contributed by atoms with van der Waals surface area (Å²) >= 11 is 1.64. The van der Waals surface area contributed by atoms with E-state index in [4.69, 9.17) is 9.15 Å². The topological polar surface area (TPSA) is 42.7 Å². The number of ether oxygens (including phenoxy) is 1. The van der Waals surface area contributed by atoms with Crippen molar-refractivity contribution in [1.82, 2.24) is 4.90 Å². The van der Waals surface area contributed by atoms with Crippen molar-refractivity contribution in [3.63, 3.8) is 0 Å². The van der Waals surface area contributed by atoms with Crippen LogP contribution >= 0.6 is 11.8 Å². The van der Waals surface area contributed by atoms with Gasteiger partial charge in [0.15, 0.2) is 0 Å². The predicted octanol–water partition coefficient (Wildman–Crippen LogP) is 3.23. The number of furan rings is 1. The molecule has 1 amide bonds. The maximum Gasteiger partial charge on any atom is 0.233 e. The summed E-state index contributed by atoms with van der Waals surface area (Å²) in [5.41, 5.74) is 0. The van der Waals surface area contributed by atoms with Crippen molar-refractivity contribution in [2.75, 3.05) is 18.9 Å². The fraction of sp³-hybridized carbons (Fsp3) is 0.667. The molecule has 1 saturated heterocycles. The monoisotopic (exact) mass is 297 g/mol. The molecule has 20 heavy (non-hydrogen) atoms. The zero-order valence-electron chi connectivity index (χ0n) is 12.4. The summed E-state index contributed by atoms with van der Waals surface area (Å²) in [4.78, 5) is 13.9. The third-order valence-electron chi connectivity index (χ3n) is 3.24. The van der Waals surface area contributed by atoms with Gasteiger partial charge in [0.25, 0.3) is 0 Å². The van der Waals surface area contributed by atoms with Crippen LogP contribution in [0.2, 0.25) is 0 Å². The molecule has 0 radical (unpaired) electrons. The van der Waals surface area contributed by atoms with Crippen molar-refractivity contribution < 1.29 is 13.9 Å². The molecule has 1 fully saturated rings. The lowest BCUT2D eigenvalue weighted by Crippen LogP contribution is -2.29. The van der Waals surface area contributed by atoms with Gasteiger partial charge < -0.3 is 14.1 Å². The van der Waals surface area contributed by atoms with Gasteiger partial charge in [-0.3, -0.25) is 4.79 Å². The van der Waals surface area contributed by atoms with Crippen LogP contribution in [0.3, 0.4) is 0 Å². The van der Waals surface area contributed by atoms with Gasteiger partial charge in [-0.15, -0.1) is 11.8 Å². The van der Waals surface area contributed by atoms with Crippen LogP contribution in [0.4, 0.5) is 0 Å². The van der Waals surface area contributed by atoms with E-state index in [1.165, 1.54) is 0 Å². The van der Waals surface area contributed by atoms with Gasteiger partial charge >= 0.3 is 0 Å². The quantitative estimate of drug-likeness (QED) is 0.725. The highest BCUT2D eigenvalue weighted by atomic mass is 32.2. The predicted molar refractivity (Wildman–Crippen MR) is 80.7 cm³/mol. The number of carbonyl (C=O) groups excluding carboxylic acids is 1. The van der Waals surface area contributed by atoms with Crippen LogP contribution in [0, 0.1) is 0 Å². The Bertz CT molecular complexity index is 444. The first-order valence-electron chi connectivity index (χ1n) is 7.23. The van der Waals surface area contributed by atoms with Gasteiger partial charge in [0.2, 0.25) is 5.91 Å². The lowest BCUT2D eigenvalue weighted by Gasteiger charge is -2.22. The third kappa shape index (κ3) is 3.79. The summed E-state index contributed by atoms with van der Waals surface area (Å²) in [5.74, 6) is 2.60. The van der Waals surface area contributed by atoms with Crippen molar-refractivity contribution >= 4 is 17.7 Å². The summed E-state index contributed by atoms with van der Waals surface area (Å²) in [6.45, 7) is 7.53. The van der Waals surface area contributed by atoms with E-state index in [0.29, 0.717) is 12.4 Å². The number of carbonyl (C=O) groups is 1. The number of hydrogen-bond donors (Lipinski definition) is 0. The van der Waals surface area contributed by atoms with Gasteiger partial charge in [-0.05, 0) is 32.4 Å². The van der Waals surface area contributed by atoms with E-state index in [0.717, 1.165) is 30.9 Å². The van der Waals surface area contributed by atoms with Gasteiger partial charge in [-0.25, -0.2) is 0 Å². The number of thioether (sulfide) groups is 1. The second kappa shape index (κ2) is 7.18. The molecule has 1 atom stereocenters. The van der Waals surface area contributed by atoms with Crippen LogP contribution in [0.1, 0.15) is 44.1 Å². The van der Waals surface area contributed by atoms with E-state index in [-0.39, 0.29) is 17.4 Å². The molecule has 0 bridgehead atoms. The Morgan fingerprint density at radius 2 is 2.30 bits per heavy atom. The second-order valence-electron chi connectivity index (χ2n) is 5.18. The fourth-order valence-corrected chi connectivity index (χ4v) is 3.36. The van der Waals surface area contributed by atoms with Crippen LogP contribution in [0.15, 0.2) is 16.5 Å². The second-order valence-corrected chi connectivity index (χ2v) is 6.25. The van der Waals surface area contributed by atoms with Crippen molar-refractivity contribution in [3.05, 3.63) is 23.7 Å². The van der Waals surface area contributed by atoms with Crippen LogP contribution < -0.4 is 0 Å². The Hall–Kier alpha value is -0.940. The first kappa shape index (κ1) is 15.4. The van der Waals surface area contributed by atoms with Crippen LogP contribution in [-0.2, 0) is 16.0 Å². The van der Waals surface area contributed by atoms with E-state index >= 15 is 0 Å². The summed E-state index contributed by atoms with van der Waals surface area (Å²) in [6.07, 6.45) is 1.99. The third-order valence-corrected chi connectivity index (χ3v) is 4.45. The lowest BCUT2D eigenvalue weighted by atomic mass is 10.3. The maximum atomic E-state index is 12.0. The zero-order valence-corrected chi connectivity index (χ0v) is 13.2. The van der Waals surface area contributed by atoms with Gasteiger partial charge in [-0.2, -0.15) is 0 Å². The molecule has 2 rings (SSSR count). The summed E-state index contributed by atoms with van der Waals surface area (Å²) in [6, 6.07) is 3.99. The van der Waals surface area contributed by atoms with Crippen molar-refractivity contribution in [2.45, 2.75) is 45.1 Å². The summed E-state index contributed by atoms with van der Waals surface area (Å²) in [5, 5.41) is 0.0295. The van der Waals surface area contributed by atoms with E-state index in [9.17, 15) is 4.79 Å². The zero-order chi connectivity index (χ0) is 14.5. The molecule has 0 N–H and O–H groups in total. The van der Waals surface area contributed by atoms with Crippen molar-refractivity contribution in [3.8, 4) is 0 Å². The maximum absolute atomic E-state index is 12.0. The molecule has 0 saturated carbocycles. The average Bonchev–Trinajstić information content (AvgIpc) is 3.01. The van der Waals surface area contributed by atoms with Crippen LogP contribution in [0.5, 0.6) is 0 Å². The minimum atomic E-state index is 0.0295. The number of nitrogens with zero attached hydrogens (tertiary/aromatic N) is 1. The number of amides is 1. The molecule has 4 nitrogen and oxygen atoms in total. The van der Waals surface area contributed by atoms with Gasteiger partial charge in [0, 0.05) is 19.6 Å². The van der Waals surface area contributed by atoms with E-state index in [1.807, 2.05) is 30.9 Å². The largest absolute Gasteiger partial charge is 0.463 e.